The Hall–Kier alpha value is -2.94. The Morgan fingerprint density at radius 3 is 2.83 bits per heavy atom. The molecule has 0 unspecified atom stereocenters. The first-order chi connectivity index (χ1) is 11.1. The van der Waals surface area contributed by atoms with Crippen LogP contribution in [0.25, 0.3) is 5.76 Å². The first-order valence-electron chi connectivity index (χ1n) is 6.49. The lowest BCUT2D eigenvalue weighted by atomic mass is 10.1. The Labute approximate surface area is 133 Å². The van der Waals surface area contributed by atoms with E-state index in [0.29, 0.717) is 6.42 Å². The second-order valence-electron chi connectivity index (χ2n) is 4.56. The number of aliphatic hydroxyl groups excluding tert-OH is 1. The molecule has 0 spiro atoms. The van der Waals surface area contributed by atoms with Crippen molar-refractivity contribution in [2.45, 2.75) is 6.42 Å². The van der Waals surface area contributed by atoms with Crippen molar-refractivity contribution in [3.05, 3.63) is 63.6 Å². The molecule has 0 saturated carbocycles. The zero-order valence-corrected chi connectivity index (χ0v) is 12.4. The van der Waals surface area contributed by atoms with Crippen LogP contribution in [0, 0.1) is 5.82 Å². The molecule has 0 aliphatic rings. The van der Waals surface area contributed by atoms with Crippen molar-refractivity contribution in [1.29, 1.82) is 0 Å². The van der Waals surface area contributed by atoms with Crippen molar-refractivity contribution < 1.29 is 14.3 Å². The van der Waals surface area contributed by atoms with Gasteiger partial charge in [-0.15, -0.1) is 21.5 Å². The van der Waals surface area contributed by atoms with Gasteiger partial charge in [-0.2, -0.15) is 5.21 Å². The molecule has 3 aromatic rings. The van der Waals surface area contributed by atoms with Crippen LogP contribution in [0.4, 0.5) is 4.39 Å². The highest BCUT2D eigenvalue weighted by molar-refractivity contribution is 7.09. The summed E-state index contributed by atoms with van der Waals surface area (Å²) in [6, 6.07) is 6.10. The monoisotopic (exact) mass is 331 g/mol. The molecule has 0 atom stereocenters. The minimum atomic E-state index is -0.579. The molecular formula is C14H10FN5O2S. The number of hydrogen-bond donors (Lipinski definition) is 2. The van der Waals surface area contributed by atoms with E-state index in [9.17, 15) is 14.3 Å². The summed E-state index contributed by atoms with van der Waals surface area (Å²) in [5.41, 5.74) is 1.18. The number of aromatic nitrogens is 5. The zero-order chi connectivity index (χ0) is 16.2. The highest BCUT2D eigenvalue weighted by Gasteiger charge is 2.12. The van der Waals surface area contributed by atoms with Crippen LogP contribution in [0.1, 0.15) is 26.9 Å². The van der Waals surface area contributed by atoms with E-state index in [0.717, 1.165) is 16.6 Å². The Morgan fingerprint density at radius 1 is 1.35 bits per heavy atom. The van der Waals surface area contributed by atoms with Gasteiger partial charge in [0.25, 0.3) is 0 Å². The predicted octanol–water partition coefficient (Wildman–Crippen LogP) is 2.17. The van der Waals surface area contributed by atoms with E-state index < -0.39 is 5.78 Å². The molecular weight excluding hydrogens is 321 g/mol. The third-order valence-electron chi connectivity index (χ3n) is 2.92. The fourth-order valence-corrected chi connectivity index (χ4v) is 2.64. The molecule has 23 heavy (non-hydrogen) atoms. The lowest BCUT2D eigenvalue weighted by molar-refractivity contribution is 0.103. The van der Waals surface area contributed by atoms with Crippen LogP contribution in [0.2, 0.25) is 0 Å². The van der Waals surface area contributed by atoms with E-state index >= 15 is 0 Å². The molecule has 0 radical (unpaired) electrons. The molecule has 2 N–H and O–H groups in total. The Kier molecular flexibility index (Phi) is 4.20. The standard InChI is InChI=1S/C14H10FN5O2S/c15-9-3-1-8(2-4-9)5-13-16-10(7-23-13)11(21)6-12(22)14-17-19-20-18-14/h1-4,6-7,21H,5H2,(H,17,18,19,20). The number of H-pyrrole nitrogens is 1. The Balaban J connectivity index is 1.73. The average molecular weight is 331 g/mol. The van der Waals surface area contributed by atoms with Gasteiger partial charge in [-0.3, -0.25) is 4.79 Å². The van der Waals surface area contributed by atoms with Crippen molar-refractivity contribution in [2.75, 3.05) is 0 Å². The molecule has 9 heteroatoms. The molecule has 0 aliphatic carbocycles. The van der Waals surface area contributed by atoms with Gasteiger partial charge in [-0.05, 0) is 22.9 Å². The lowest BCUT2D eigenvalue weighted by Crippen LogP contribution is -1.99. The number of allylic oxidation sites excluding steroid dienone is 1. The van der Waals surface area contributed by atoms with E-state index in [1.54, 1.807) is 17.5 Å². The fraction of sp³-hybridized carbons (Fsp3) is 0.0714. The SMILES string of the molecule is O=C(C=C(O)c1csc(Cc2ccc(F)cc2)n1)c1nn[nH]n1. The van der Waals surface area contributed by atoms with Gasteiger partial charge in [-0.1, -0.05) is 12.1 Å². The van der Waals surface area contributed by atoms with Crippen LogP contribution in [-0.4, -0.2) is 36.5 Å². The molecule has 0 fully saturated rings. The molecule has 0 aliphatic heterocycles. The Bertz CT molecular complexity index is 842. The summed E-state index contributed by atoms with van der Waals surface area (Å²) >= 11 is 1.33. The molecule has 2 aromatic heterocycles. The smallest absolute Gasteiger partial charge is 0.244 e. The number of aliphatic hydroxyl groups is 1. The maximum absolute atomic E-state index is 12.9. The van der Waals surface area contributed by atoms with Crippen molar-refractivity contribution in [3.63, 3.8) is 0 Å². The van der Waals surface area contributed by atoms with Crippen LogP contribution in [0.5, 0.6) is 0 Å². The molecule has 7 nitrogen and oxygen atoms in total. The number of rotatable bonds is 5. The molecule has 0 amide bonds. The van der Waals surface area contributed by atoms with Crippen LogP contribution < -0.4 is 0 Å². The summed E-state index contributed by atoms with van der Waals surface area (Å²) in [6.45, 7) is 0. The van der Waals surface area contributed by atoms with Crippen molar-refractivity contribution >= 4 is 22.9 Å². The van der Waals surface area contributed by atoms with E-state index in [-0.39, 0.29) is 23.1 Å². The third-order valence-corrected chi connectivity index (χ3v) is 3.77. The number of ketones is 1. The second-order valence-corrected chi connectivity index (χ2v) is 5.50. The quantitative estimate of drug-likeness (QED) is 0.422. The van der Waals surface area contributed by atoms with Crippen LogP contribution in [0.15, 0.2) is 35.7 Å². The number of carbonyl (C=O) groups is 1. The fourth-order valence-electron chi connectivity index (χ4n) is 1.82. The highest BCUT2D eigenvalue weighted by atomic mass is 32.1. The summed E-state index contributed by atoms with van der Waals surface area (Å²) in [6.07, 6.45) is 1.50. The number of benzene rings is 1. The summed E-state index contributed by atoms with van der Waals surface area (Å²) in [5, 5.41) is 24.8. The van der Waals surface area contributed by atoms with Crippen molar-refractivity contribution in [3.8, 4) is 0 Å². The van der Waals surface area contributed by atoms with Crippen LogP contribution >= 0.6 is 11.3 Å². The predicted molar refractivity (Wildman–Crippen MR) is 80.4 cm³/mol. The number of halogens is 1. The summed E-state index contributed by atoms with van der Waals surface area (Å²) in [7, 11) is 0. The molecule has 0 saturated heterocycles. The molecule has 0 bridgehead atoms. The first kappa shape index (κ1) is 15.0. The first-order valence-corrected chi connectivity index (χ1v) is 7.37. The number of hydrogen-bond acceptors (Lipinski definition) is 7. The number of aromatic amines is 1. The topological polar surface area (TPSA) is 105 Å². The summed E-state index contributed by atoms with van der Waals surface area (Å²) < 4.78 is 12.9. The van der Waals surface area contributed by atoms with Gasteiger partial charge in [0.2, 0.25) is 11.6 Å². The lowest BCUT2D eigenvalue weighted by Gasteiger charge is -1.97. The molecule has 116 valence electrons. The maximum atomic E-state index is 12.9. The highest BCUT2D eigenvalue weighted by Crippen LogP contribution is 2.19. The normalized spacial score (nSPS) is 11.6. The number of nitrogens with one attached hydrogen (secondary N) is 1. The van der Waals surface area contributed by atoms with Crippen LogP contribution in [0.3, 0.4) is 0 Å². The second kappa shape index (κ2) is 6.44. The molecule has 3 rings (SSSR count). The van der Waals surface area contributed by atoms with E-state index in [2.05, 4.69) is 25.6 Å². The minimum absolute atomic E-state index is 0.140. The van der Waals surface area contributed by atoms with Gasteiger partial charge < -0.3 is 5.11 Å². The van der Waals surface area contributed by atoms with E-state index in [1.165, 1.54) is 23.5 Å². The van der Waals surface area contributed by atoms with E-state index in [4.69, 9.17) is 0 Å². The maximum Gasteiger partial charge on any atom is 0.244 e. The van der Waals surface area contributed by atoms with Gasteiger partial charge >= 0.3 is 0 Å². The summed E-state index contributed by atoms with van der Waals surface area (Å²) in [4.78, 5) is 16.0. The minimum Gasteiger partial charge on any atom is -0.506 e. The third kappa shape index (κ3) is 3.64. The zero-order valence-electron chi connectivity index (χ0n) is 11.6. The number of thiazole rings is 1. The molecule has 1 aromatic carbocycles. The van der Waals surface area contributed by atoms with Gasteiger partial charge in [0.15, 0.2) is 0 Å². The number of tetrazole rings is 1. The Morgan fingerprint density at radius 2 is 2.13 bits per heavy atom. The number of nitrogens with zero attached hydrogens (tertiary/aromatic N) is 4. The van der Waals surface area contributed by atoms with Crippen molar-refractivity contribution in [2.24, 2.45) is 0 Å². The largest absolute Gasteiger partial charge is 0.506 e. The van der Waals surface area contributed by atoms with Crippen LogP contribution in [-0.2, 0) is 6.42 Å². The van der Waals surface area contributed by atoms with Crippen molar-refractivity contribution in [1.82, 2.24) is 25.6 Å². The average Bonchev–Trinajstić information content (AvgIpc) is 3.21. The van der Waals surface area contributed by atoms with Gasteiger partial charge in [0, 0.05) is 17.9 Å². The van der Waals surface area contributed by atoms with Gasteiger partial charge in [0.1, 0.15) is 17.3 Å². The van der Waals surface area contributed by atoms with Gasteiger partial charge in [-0.25, -0.2) is 9.37 Å². The number of carbonyl (C=O) groups excluding carboxylic acids is 1. The van der Waals surface area contributed by atoms with Gasteiger partial charge in [0.05, 0.1) is 5.01 Å². The van der Waals surface area contributed by atoms with E-state index in [1.807, 2.05) is 0 Å². The summed E-state index contributed by atoms with van der Waals surface area (Å²) in [5.74, 6) is -1.29. The molecule has 2 heterocycles.